The van der Waals surface area contributed by atoms with Crippen molar-refractivity contribution in [2.24, 2.45) is 16.8 Å². The first-order chi connectivity index (χ1) is 13.7. The van der Waals surface area contributed by atoms with Gasteiger partial charge in [0.1, 0.15) is 18.8 Å². The van der Waals surface area contributed by atoms with Crippen molar-refractivity contribution >= 4 is 30.0 Å². The van der Waals surface area contributed by atoms with Crippen molar-refractivity contribution in [2.75, 3.05) is 25.1 Å². The SMILES string of the molecule is O=C1CCc2cc(/C=C/C(=O)N3CC4CC(N5C=NCN5)CC4C3)cnc2N1. The van der Waals surface area contributed by atoms with Crippen molar-refractivity contribution in [3.63, 3.8) is 0 Å². The van der Waals surface area contributed by atoms with Gasteiger partial charge < -0.3 is 10.2 Å². The summed E-state index contributed by atoms with van der Waals surface area (Å²) in [7, 11) is 0. The number of pyridine rings is 1. The molecule has 1 aliphatic carbocycles. The number of rotatable bonds is 3. The van der Waals surface area contributed by atoms with E-state index in [2.05, 4.69) is 25.7 Å². The smallest absolute Gasteiger partial charge is 0.246 e. The largest absolute Gasteiger partial charge is 0.339 e. The predicted octanol–water partition coefficient (Wildman–Crippen LogP) is 1.02. The van der Waals surface area contributed by atoms with Crippen LogP contribution in [-0.4, -0.2) is 58.8 Å². The Morgan fingerprint density at radius 2 is 2.04 bits per heavy atom. The fourth-order valence-electron chi connectivity index (χ4n) is 4.83. The van der Waals surface area contributed by atoms with Gasteiger partial charge in [0.15, 0.2) is 0 Å². The van der Waals surface area contributed by atoms with Gasteiger partial charge in [-0.15, -0.1) is 0 Å². The molecular formula is C20H24N6O2. The predicted molar refractivity (Wildman–Crippen MR) is 105 cm³/mol. The standard InChI is InChI=1S/C20H24N6O2/c27-18-3-2-14-5-13(8-22-20(14)24-18)1-4-19(28)25-9-15-6-17(7-16(15)10-25)26-12-21-11-23-26/h1,4-5,8,12,15-17,23H,2-3,6-7,9-11H2,(H,22,24,27)/b4-1+. The minimum Gasteiger partial charge on any atom is -0.339 e. The Kier molecular flexibility index (Phi) is 4.35. The molecule has 2 atom stereocenters. The van der Waals surface area contributed by atoms with E-state index in [1.807, 2.05) is 23.4 Å². The summed E-state index contributed by atoms with van der Waals surface area (Å²) in [6, 6.07) is 2.50. The number of fused-ring (bicyclic) bond motifs is 2. The van der Waals surface area contributed by atoms with E-state index in [0.717, 1.165) is 37.1 Å². The molecule has 8 nitrogen and oxygen atoms in total. The fourth-order valence-corrected chi connectivity index (χ4v) is 4.83. The van der Waals surface area contributed by atoms with Gasteiger partial charge in [-0.25, -0.2) is 10.4 Å². The van der Waals surface area contributed by atoms with Gasteiger partial charge in [0.25, 0.3) is 0 Å². The topological polar surface area (TPSA) is 89.9 Å². The lowest BCUT2D eigenvalue weighted by molar-refractivity contribution is -0.125. The number of carbonyl (C=O) groups excluding carboxylic acids is 2. The van der Waals surface area contributed by atoms with E-state index in [4.69, 9.17) is 0 Å². The zero-order valence-electron chi connectivity index (χ0n) is 15.7. The van der Waals surface area contributed by atoms with Gasteiger partial charge in [0, 0.05) is 37.8 Å². The third kappa shape index (κ3) is 3.28. The minimum atomic E-state index is 0.00749. The molecule has 28 heavy (non-hydrogen) atoms. The highest BCUT2D eigenvalue weighted by atomic mass is 16.2. The Morgan fingerprint density at radius 1 is 1.21 bits per heavy atom. The molecule has 1 saturated carbocycles. The lowest BCUT2D eigenvalue weighted by Crippen LogP contribution is -2.40. The van der Waals surface area contributed by atoms with Crippen molar-refractivity contribution in [1.82, 2.24) is 20.3 Å². The highest BCUT2D eigenvalue weighted by Crippen LogP contribution is 2.40. The number of hydrazine groups is 1. The minimum absolute atomic E-state index is 0.00749. The molecule has 2 amide bonds. The molecule has 0 spiro atoms. The van der Waals surface area contributed by atoms with Crippen LogP contribution in [0.4, 0.5) is 5.82 Å². The first-order valence-electron chi connectivity index (χ1n) is 9.93. The van der Waals surface area contributed by atoms with Crippen LogP contribution >= 0.6 is 0 Å². The average molecular weight is 380 g/mol. The van der Waals surface area contributed by atoms with Gasteiger partial charge in [-0.1, -0.05) is 0 Å². The summed E-state index contributed by atoms with van der Waals surface area (Å²) >= 11 is 0. The number of amides is 2. The van der Waals surface area contributed by atoms with Gasteiger partial charge in [0.2, 0.25) is 11.8 Å². The quantitative estimate of drug-likeness (QED) is 0.765. The van der Waals surface area contributed by atoms with Gasteiger partial charge in [0.05, 0.1) is 0 Å². The number of hydrogen-bond acceptors (Lipinski definition) is 6. The van der Waals surface area contributed by atoms with Crippen LogP contribution in [0.25, 0.3) is 6.08 Å². The number of hydrogen-bond donors (Lipinski definition) is 2. The molecule has 4 aliphatic rings. The number of nitrogens with zero attached hydrogens (tertiary/aromatic N) is 4. The summed E-state index contributed by atoms with van der Waals surface area (Å²) < 4.78 is 0. The van der Waals surface area contributed by atoms with Crippen LogP contribution in [0.15, 0.2) is 23.3 Å². The van der Waals surface area contributed by atoms with Crippen molar-refractivity contribution < 1.29 is 9.59 Å². The van der Waals surface area contributed by atoms with E-state index >= 15 is 0 Å². The Morgan fingerprint density at radius 3 is 2.79 bits per heavy atom. The highest BCUT2D eigenvalue weighted by Gasteiger charge is 2.43. The van der Waals surface area contributed by atoms with Crippen molar-refractivity contribution in [2.45, 2.75) is 31.7 Å². The van der Waals surface area contributed by atoms with Crippen LogP contribution in [0.1, 0.15) is 30.4 Å². The van der Waals surface area contributed by atoms with Gasteiger partial charge in [-0.3, -0.25) is 19.6 Å². The number of aliphatic imine (C=N–C) groups is 1. The second kappa shape index (κ2) is 7.01. The number of nitrogens with one attached hydrogen (secondary N) is 2. The van der Waals surface area contributed by atoms with Crippen molar-refractivity contribution in [1.29, 1.82) is 0 Å². The zero-order valence-corrected chi connectivity index (χ0v) is 15.7. The lowest BCUT2D eigenvalue weighted by Gasteiger charge is -2.24. The van der Waals surface area contributed by atoms with E-state index in [1.54, 1.807) is 12.3 Å². The molecule has 0 bridgehead atoms. The Bertz CT molecular complexity index is 852. The molecule has 2 unspecified atom stereocenters. The molecule has 3 aliphatic heterocycles. The molecule has 1 aromatic heterocycles. The molecule has 8 heteroatoms. The van der Waals surface area contributed by atoms with E-state index in [0.29, 0.717) is 43.2 Å². The number of anilines is 1. The van der Waals surface area contributed by atoms with Gasteiger partial charge in [-0.05, 0) is 54.4 Å². The van der Waals surface area contributed by atoms with E-state index < -0.39 is 0 Å². The van der Waals surface area contributed by atoms with Gasteiger partial charge in [-0.2, -0.15) is 0 Å². The molecule has 5 rings (SSSR count). The van der Waals surface area contributed by atoms with Crippen LogP contribution in [-0.2, 0) is 16.0 Å². The summed E-state index contributed by atoms with van der Waals surface area (Å²) in [5, 5.41) is 4.91. The monoisotopic (exact) mass is 380 g/mol. The second-order valence-electron chi connectivity index (χ2n) is 8.07. The van der Waals surface area contributed by atoms with E-state index in [1.165, 1.54) is 0 Å². The van der Waals surface area contributed by atoms with Crippen LogP contribution in [0.2, 0.25) is 0 Å². The third-order valence-corrected chi connectivity index (χ3v) is 6.27. The Hall–Kier alpha value is -2.74. The summed E-state index contributed by atoms with van der Waals surface area (Å²) in [5.41, 5.74) is 5.19. The molecular weight excluding hydrogens is 356 g/mol. The second-order valence-corrected chi connectivity index (χ2v) is 8.07. The van der Waals surface area contributed by atoms with Crippen LogP contribution < -0.4 is 10.7 Å². The molecule has 1 saturated heterocycles. The van der Waals surface area contributed by atoms with E-state index in [9.17, 15) is 9.59 Å². The molecule has 2 N–H and O–H groups in total. The fraction of sp³-hybridized carbons (Fsp3) is 0.500. The summed E-state index contributed by atoms with van der Waals surface area (Å²) in [5.74, 6) is 1.87. The maximum Gasteiger partial charge on any atom is 0.246 e. The third-order valence-electron chi connectivity index (χ3n) is 6.27. The lowest BCUT2D eigenvalue weighted by atomic mass is 10.0. The molecule has 2 fully saturated rings. The summed E-state index contributed by atoms with van der Waals surface area (Å²) in [6.07, 6.45) is 10.5. The van der Waals surface area contributed by atoms with Crippen molar-refractivity contribution in [3.8, 4) is 0 Å². The Balaban J connectivity index is 1.18. The number of aromatic nitrogens is 1. The Labute approximate surface area is 163 Å². The first kappa shape index (κ1) is 17.4. The highest BCUT2D eigenvalue weighted by molar-refractivity contribution is 5.94. The maximum absolute atomic E-state index is 12.6. The first-order valence-corrected chi connectivity index (χ1v) is 9.93. The summed E-state index contributed by atoms with van der Waals surface area (Å²) in [4.78, 5) is 34.6. The number of carbonyl (C=O) groups is 2. The molecule has 1 aromatic rings. The van der Waals surface area contributed by atoms with Crippen LogP contribution in [0.5, 0.6) is 0 Å². The molecule has 0 radical (unpaired) electrons. The van der Waals surface area contributed by atoms with Crippen LogP contribution in [0, 0.1) is 11.8 Å². The van der Waals surface area contributed by atoms with Gasteiger partial charge >= 0.3 is 0 Å². The number of likely N-dealkylation sites (tertiary alicyclic amines) is 1. The molecule has 4 heterocycles. The molecule has 146 valence electrons. The average Bonchev–Trinajstić information content (AvgIpc) is 3.41. The summed E-state index contributed by atoms with van der Waals surface area (Å²) in [6.45, 7) is 2.35. The van der Waals surface area contributed by atoms with E-state index in [-0.39, 0.29) is 11.8 Å². The maximum atomic E-state index is 12.6. The normalized spacial score (nSPS) is 28.7. The van der Waals surface area contributed by atoms with Crippen LogP contribution in [0.3, 0.4) is 0 Å². The van der Waals surface area contributed by atoms with Crippen molar-refractivity contribution in [3.05, 3.63) is 29.5 Å². The number of aryl methyl sites for hydroxylation is 1. The molecule has 0 aromatic carbocycles. The zero-order chi connectivity index (χ0) is 19.1.